The van der Waals surface area contributed by atoms with Crippen LogP contribution < -0.4 is 5.32 Å². The molecule has 1 N–H and O–H groups in total. The van der Waals surface area contributed by atoms with Crippen molar-refractivity contribution in [3.05, 3.63) is 56.2 Å². The molecule has 1 heterocycles. The maximum Gasteiger partial charge on any atom is 0.0931 e. The topological polar surface area (TPSA) is 21.3 Å². The average molecular weight is 344 g/mol. The number of nitrogens with one attached hydrogen (secondary N) is 1. The minimum Gasteiger partial charge on any atom is -0.383 e. The smallest absolute Gasteiger partial charge is 0.0931 e. The molecule has 0 fully saturated rings. The molecule has 0 saturated carbocycles. The number of benzene rings is 1. The summed E-state index contributed by atoms with van der Waals surface area (Å²) in [5.74, 6) is 0.397. The molecule has 21 heavy (non-hydrogen) atoms. The van der Waals surface area contributed by atoms with Gasteiger partial charge in [-0.3, -0.25) is 0 Å². The molecule has 1 aromatic carbocycles. The molecule has 0 aliphatic heterocycles. The molecule has 5 heteroatoms. The minimum atomic E-state index is 0.397. The van der Waals surface area contributed by atoms with Gasteiger partial charge in [-0.05, 0) is 36.2 Å². The highest BCUT2D eigenvalue weighted by molar-refractivity contribution is 7.16. The van der Waals surface area contributed by atoms with Crippen LogP contribution in [0.2, 0.25) is 9.36 Å². The van der Waals surface area contributed by atoms with Gasteiger partial charge >= 0.3 is 0 Å². The second-order valence-corrected chi connectivity index (χ2v) is 7.09. The Bertz CT molecular complexity index is 541. The molecule has 2 rings (SSSR count). The summed E-state index contributed by atoms with van der Waals surface area (Å²) in [6.45, 7) is 2.48. The monoisotopic (exact) mass is 343 g/mol. The third-order valence-electron chi connectivity index (χ3n) is 3.29. The summed E-state index contributed by atoms with van der Waals surface area (Å²) < 4.78 is 5.91. The summed E-state index contributed by atoms with van der Waals surface area (Å²) in [6.07, 6.45) is 0.971. The maximum absolute atomic E-state index is 6.03. The lowest BCUT2D eigenvalue weighted by Crippen LogP contribution is -2.26. The molecule has 0 bridgehead atoms. The third-order valence-corrected chi connectivity index (χ3v) is 4.80. The number of methoxy groups -OCH3 is 1. The standard InChI is InChI=1S/C16H19Cl2NOS/c1-20-9-8-19-11-13(10-15-6-7-16(18)21-15)12-2-4-14(17)5-3-12/h2-7,13,19H,8-11H2,1H3. The molecule has 0 saturated heterocycles. The van der Waals surface area contributed by atoms with Gasteiger partial charge in [-0.15, -0.1) is 11.3 Å². The van der Waals surface area contributed by atoms with E-state index < -0.39 is 0 Å². The highest BCUT2D eigenvalue weighted by Gasteiger charge is 2.13. The van der Waals surface area contributed by atoms with Crippen molar-refractivity contribution in [1.29, 1.82) is 0 Å². The molecular weight excluding hydrogens is 325 g/mol. The van der Waals surface area contributed by atoms with Crippen molar-refractivity contribution in [3.8, 4) is 0 Å². The number of rotatable bonds is 8. The molecule has 0 spiro atoms. The molecule has 0 amide bonds. The Hall–Kier alpha value is -0.580. The minimum absolute atomic E-state index is 0.397. The molecule has 0 radical (unpaired) electrons. The summed E-state index contributed by atoms with van der Waals surface area (Å²) >= 11 is 13.6. The quantitative estimate of drug-likeness (QED) is 0.706. The second kappa shape index (κ2) is 8.76. The van der Waals surface area contributed by atoms with E-state index in [-0.39, 0.29) is 0 Å². The van der Waals surface area contributed by atoms with Gasteiger partial charge in [-0.25, -0.2) is 0 Å². The van der Waals surface area contributed by atoms with Crippen molar-refractivity contribution in [3.63, 3.8) is 0 Å². The fraction of sp³-hybridized carbons (Fsp3) is 0.375. The normalized spacial score (nSPS) is 12.5. The van der Waals surface area contributed by atoms with Crippen LogP contribution >= 0.6 is 34.5 Å². The van der Waals surface area contributed by atoms with Crippen molar-refractivity contribution in [2.45, 2.75) is 12.3 Å². The lowest BCUT2D eigenvalue weighted by molar-refractivity contribution is 0.199. The van der Waals surface area contributed by atoms with E-state index in [9.17, 15) is 0 Å². The van der Waals surface area contributed by atoms with Gasteiger partial charge in [0.05, 0.1) is 10.9 Å². The predicted molar refractivity (Wildman–Crippen MR) is 92.0 cm³/mol. The molecule has 2 nitrogen and oxygen atoms in total. The van der Waals surface area contributed by atoms with Crippen LogP contribution in [0.4, 0.5) is 0 Å². The number of thiophene rings is 1. The first-order chi connectivity index (χ1) is 10.2. The first-order valence-corrected chi connectivity index (χ1v) is 8.45. The molecule has 0 aliphatic carbocycles. The second-order valence-electron chi connectivity index (χ2n) is 4.86. The molecule has 1 aromatic heterocycles. The van der Waals surface area contributed by atoms with Crippen molar-refractivity contribution in [1.82, 2.24) is 5.32 Å². The van der Waals surface area contributed by atoms with Gasteiger partial charge in [-0.1, -0.05) is 35.3 Å². The van der Waals surface area contributed by atoms with Crippen molar-refractivity contribution >= 4 is 34.5 Å². The Kier molecular flexibility index (Phi) is 7.00. The fourth-order valence-electron chi connectivity index (χ4n) is 2.20. The maximum atomic E-state index is 6.03. The summed E-state index contributed by atoms with van der Waals surface area (Å²) in [4.78, 5) is 1.30. The summed E-state index contributed by atoms with van der Waals surface area (Å²) in [5.41, 5.74) is 1.29. The third kappa shape index (κ3) is 5.61. The van der Waals surface area contributed by atoms with Gasteiger partial charge in [-0.2, -0.15) is 0 Å². The highest BCUT2D eigenvalue weighted by Crippen LogP contribution is 2.28. The lowest BCUT2D eigenvalue weighted by atomic mass is 9.95. The van der Waals surface area contributed by atoms with Gasteiger partial charge in [0.1, 0.15) is 0 Å². The van der Waals surface area contributed by atoms with Crippen molar-refractivity contribution in [2.75, 3.05) is 26.8 Å². The molecule has 1 atom stereocenters. The van der Waals surface area contributed by atoms with Crippen LogP contribution in [0.3, 0.4) is 0 Å². The van der Waals surface area contributed by atoms with Crippen LogP contribution in [0.15, 0.2) is 36.4 Å². The molecule has 0 aliphatic rings. The van der Waals surface area contributed by atoms with E-state index >= 15 is 0 Å². The van der Waals surface area contributed by atoms with E-state index in [1.807, 2.05) is 18.2 Å². The average Bonchev–Trinajstić information content (AvgIpc) is 2.88. The van der Waals surface area contributed by atoms with E-state index in [1.165, 1.54) is 10.4 Å². The van der Waals surface area contributed by atoms with Gasteiger partial charge in [0.15, 0.2) is 0 Å². The lowest BCUT2D eigenvalue weighted by Gasteiger charge is -2.17. The van der Waals surface area contributed by atoms with Crippen LogP contribution in [-0.4, -0.2) is 26.8 Å². The summed E-state index contributed by atoms with van der Waals surface area (Å²) in [5, 5.41) is 4.21. The zero-order valence-corrected chi connectivity index (χ0v) is 14.3. The van der Waals surface area contributed by atoms with Crippen LogP contribution in [0.1, 0.15) is 16.4 Å². The molecular formula is C16H19Cl2NOS. The Balaban J connectivity index is 2.04. The Morgan fingerprint density at radius 1 is 1.14 bits per heavy atom. The molecule has 114 valence electrons. The van der Waals surface area contributed by atoms with Crippen LogP contribution in [0, 0.1) is 0 Å². The zero-order chi connectivity index (χ0) is 15.1. The summed E-state index contributed by atoms with van der Waals surface area (Å²) in [6, 6.07) is 12.1. The van der Waals surface area contributed by atoms with E-state index in [4.69, 9.17) is 27.9 Å². The molecule has 2 aromatic rings. The predicted octanol–water partition coefficient (Wildman–Crippen LogP) is 4.62. The van der Waals surface area contributed by atoms with Gasteiger partial charge in [0.25, 0.3) is 0 Å². The fourth-order valence-corrected chi connectivity index (χ4v) is 3.49. The number of hydrogen-bond acceptors (Lipinski definition) is 3. The van der Waals surface area contributed by atoms with E-state index in [2.05, 4.69) is 23.5 Å². The van der Waals surface area contributed by atoms with E-state index in [0.717, 1.165) is 35.5 Å². The zero-order valence-electron chi connectivity index (χ0n) is 11.9. The largest absolute Gasteiger partial charge is 0.383 e. The Labute approximate surface area is 140 Å². The first kappa shape index (κ1) is 16.8. The van der Waals surface area contributed by atoms with Crippen LogP contribution in [-0.2, 0) is 11.2 Å². The van der Waals surface area contributed by atoms with E-state index in [1.54, 1.807) is 18.4 Å². The van der Waals surface area contributed by atoms with Crippen LogP contribution in [0.25, 0.3) is 0 Å². The highest BCUT2D eigenvalue weighted by atomic mass is 35.5. The SMILES string of the molecule is COCCNCC(Cc1ccc(Cl)s1)c1ccc(Cl)cc1. The molecule has 1 unspecified atom stereocenters. The van der Waals surface area contributed by atoms with Crippen molar-refractivity contribution < 1.29 is 4.74 Å². The number of ether oxygens (including phenoxy) is 1. The van der Waals surface area contributed by atoms with Crippen molar-refractivity contribution in [2.24, 2.45) is 0 Å². The van der Waals surface area contributed by atoms with E-state index in [0.29, 0.717) is 5.92 Å². The van der Waals surface area contributed by atoms with Gasteiger partial charge in [0.2, 0.25) is 0 Å². The number of hydrogen-bond donors (Lipinski definition) is 1. The number of halogens is 2. The Morgan fingerprint density at radius 3 is 2.52 bits per heavy atom. The summed E-state index contributed by atoms with van der Waals surface area (Å²) in [7, 11) is 1.71. The van der Waals surface area contributed by atoms with Gasteiger partial charge in [0, 0.05) is 36.0 Å². The van der Waals surface area contributed by atoms with Crippen LogP contribution in [0.5, 0.6) is 0 Å². The Morgan fingerprint density at radius 2 is 1.90 bits per heavy atom. The van der Waals surface area contributed by atoms with Gasteiger partial charge < -0.3 is 10.1 Å². The first-order valence-electron chi connectivity index (χ1n) is 6.88.